The first-order valence-electron chi connectivity index (χ1n) is 5.73. The van der Waals surface area contributed by atoms with Gasteiger partial charge in [0.2, 0.25) is 0 Å². The van der Waals surface area contributed by atoms with Crippen LogP contribution in [0.5, 0.6) is 0 Å². The molecule has 0 aliphatic heterocycles. The highest BCUT2D eigenvalue weighted by Gasteiger charge is 2.04. The lowest BCUT2D eigenvalue weighted by Gasteiger charge is -2.07. The van der Waals surface area contributed by atoms with E-state index in [2.05, 4.69) is 11.9 Å². The van der Waals surface area contributed by atoms with E-state index in [4.69, 9.17) is 12.2 Å². The van der Waals surface area contributed by atoms with Crippen molar-refractivity contribution < 1.29 is 4.39 Å². The molecule has 2 aromatic rings. The number of aromatic amines is 1. The second kappa shape index (κ2) is 5.27. The molecule has 0 radical (unpaired) electrons. The molecule has 0 bridgehead atoms. The fourth-order valence-corrected chi connectivity index (χ4v) is 2.17. The van der Waals surface area contributed by atoms with Crippen molar-refractivity contribution in [2.45, 2.75) is 26.3 Å². The van der Waals surface area contributed by atoms with E-state index in [9.17, 15) is 4.39 Å². The van der Waals surface area contributed by atoms with Gasteiger partial charge in [-0.05, 0) is 36.7 Å². The highest BCUT2D eigenvalue weighted by atomic mass is 32.1. The first-order valence-corrected chi connectivity index (χ1v) is 6.13. The number of rotatable bonds is 4. The zero-order chi connectivity index (χ0) is 12.3. The number of nitrogens with zero attached hydrogens (tertiary/aromatic N) is 1. The molecule has 1 aromatic carbocycles. The van der Waals surface area contributed by atoms with Gasteiger partial charge in [0.25, 0.3) is 0 Å². The summed E-state index contributed by atoms with van der Waals surface area (Å²) in [6, 6.07) is 6.87. The molecule has 0 fully saturated rings. The molecule has 0 saturated carbocycles. The van der Waals surface area contributed by atoms with Crippen molar-refractivity contribution in [1.29, 1.82) is 0 Å². The summed E-state index contributed by atoms with van der Waals surface area (Å²) in [4.78, 5) is 3.02. The van der Waals surface area contributed by atoms with Crippen molar-refractivity contribution in [2.24, 2.45) is 0 Å². The Morgan fingerprint density at radius 2 is 2.12 bits per heavy atom. The van der Waals surface area contributed by atoms with E-state index in [0.29, 0.717) is 17.7 Å². The third-order valence-corrected chi connectivity index (χ3v) is 3.22. The van der Waals surface area contributed by atoms with Crippen molar-refractivity contribution in [1.82, 2.24) is 9.55 Å². The van der Waals surface area contributed by atoms with Gasteiger partial charge in [0.15, 0.2) is 4.77 Å². The molecule has 0 saturated heterocycles. The second-order valence-corrected chi connectivity index (χ2v) is 4.32. The molecule has 0 aliphatic rings. The van der Waals surface area contributed by atoms with Gasteiger partial charge in [0.05, 0.1) is 0 Å². The molecule has 0 spiro atoms. The Labute approximate surface area is 105 Å². The third kappa shape index (κ3) is 2.64. The average Bonchev–Trinajstić information content (AvgIpc) is 2.69. The van der Waals surface area contributed by atoms with Crippen LogP contribution in [0.25, 0.3) is 0 Å². The number of benzene rings is 1. The normalized spacial score (nSPS) is 10.7. The van der Waals surface area contributed by atoms with E-state index in [1.165, 1.54) is 6.07 Å². The Hall–Kier alpha value is -1.42. The molecule has 90 valence electrons. The maximum absolute atomic E-state index is 13.5. The Balaban J connectivity index is 2.15. The van der Waals surface area contributed by atoms with Gasteiger partial charge < -0.3 is 9.55 Å². The smallest absolute Gasteiger partial charge is 0.177 e. The van der Waals surface area contributed by atoms with E-state index < -0.39 is 0 Å². The maximum atomic E-state index is 13.5. The lowest BCUT2D eigenvalue weighted by molar-refractivity contribution is 0.586. The van der Waals surface area contributed by atoms with Crippen LogP contribution in [-0.2, 0) is 19.4 Å². The molecular weight excluding hydrogens is 235 g/mol. The van der Waals surface area contributed by atoms with Crippen molar-refractivity contribution in [3.8, 4) is 0 Å². The first-order chi connectivity index (χ1) is 8.22. The highest BCUT2D eigenvalue weighted by molar-refractivity contribution is 7.71. The van der Waals surface area contributed by atoms with Crippen LogP contribution in [0.1, 0.15) is 18.2 Å². The Morgan fingerprint density at radius 1 is 1.35 bits per heavy atom. The minimum atomic E-state index is -0.146. The standard InChI is InChI=1S/C13H15FN2S/c1-2-11-9-15-13(17)16(11)8-7-10-5-3-4-6-12(10)14/h3-6,9H,2,7-8H2,1H3,(H,15,17). The predicted octanol–water partition coefficient (Wildman–Crippen LogP) is 3.49. The minimum absolute atomic E-state index is 0.146. The first kappa shape index (κ1) is 12.0. The van der Waals surface area contributed by atoms with Crippen molar-refractivity contribution in [3.63, 3.8) is 0 Å². The van der Waals surface area contributed by atoms with E-state index in [-0.39, 0.29) is 5.82 Å². The maximum Gasteiger partial charge on any atom is 0.177 e. The summed E-state index contributed by atoms with van der Waals surface area (Å²) in [5.41, 5.74) is 1.89. The summed E-state index contributed by atoms with van der Waals surface area (Å²) in [6.07, 6.45) is 3.50. The van der Waals surface area contributed by atoms with Crippen LogP contribution >= 0.6 is 12.2 Å². The molecule has 2 nitrogen and oxygen atoms in total. The molecule has 1 N–H and O–H groups in total. The van der Waals surface area contributed by atoms with Gasteiger partial charge in [0, 0.05) is 18.4 Å². The SMILES string of the molecule is CCc1c[nH]c(=S)n1CCc1ccccc1F. The van der Waals surface area contributed by atoms with E-state index in [0.717, 1.165) is 17.7 Å². The monoisotopic (exact) mass is 250 g/mol. The second-order valence-electron chi connectivity index (χ2n) is 3.93. The zero-order valence-corrected chi connectivity index (χ0v) is 10.6. The number of hydrogen-bond acceptors (Lipinski definition) is 1. The predicted molar refractivity (Wildman–Crippen MR) is 69.1 cm³/mol. The molecule has 17 heavy (non-hydrogen) atoms. The van der Waals surface area contributed by atoms with Crippen LogP contribution in [0.4, 0.5) is 4.39 Å². The quantitative estimate of drug-likeness (QED) is 0.824. The molecule has 4 heteroatoms. The fourth-order valence-electron chi connectivity index (χ4n) is 1.90. The van der Waals surface area contributed by atoms with Crippen LogP contribution in [0, 0.1) is 10.6 Å². The lowest BCUT2D eigenvalue weighted by atomic mass is 10.1. The fraction of sp³-hybridized carbons (Fsp3) is 0.308. The summed E-state index contributed by atoms with van der Waals surface area (Å²) in [5, 5.41) is 0. The molecule has 2 rings (SSSR count). The van der Waals surface area contributed by atoms with Crippen LogP contribution < -0.4 is 0 Å². The highest BCUT2D eigenvalue weighted by Crippen LogP contribution is 2.10. The van der Waals surface area contributed by atoms with Gasteiger partial charge in [-0.2, -0.15) is 0 Å². The van der Waals surface area contributed by atoms with Crippen LogP contribution in [0.2, 0.25) is 0 Å². The third-order valence-electron chi connectivity index (χ3n) is 2.88. The zero-order valence-electron chi connectivity index (χ0n) is 9.74. The van der Waals surface area contributed by atoms with Gasteiger partial charge in [-0.25, -0.2) is 4.39 Å². The average molecular weight is 250 g/mol. The van der Waals surface area contributed by atoms with Crippen LogP contribution in [-0.4, -0.2) is 9.55 Å². The molecule has 0 aliphatic carbocycles. The molecule has 1 heterocycles. The largest absolute Gasteiger partial charge is 0.337 e. The van der Waals surface area contributed by atoms with Gasteiger partial charge in [-0.15, -0.1) is 0 Å². The number of aryl methyl sites for hydroxylation is 2. The summed E-state index contributed by atoms with van der Waals surface area (Å²) in [6.45, 7) is 2.80. The lowest BCUT2D eigenvalue weighted by Crippen LogP contribution is -2.06. The van der Waals surface area contributed by atoms with E-state index in [1.54, 1.807) is 6.07 Å². The Morgan fingerprint density at radius 3 is 2.82 bits per heavy atom. The number of imidazole rings is 1. The molecular formula is C13H15FN2S. The summed E-state index contributed by atoms with van der Waals surface area (Å²) in [7, 11) is 0. The summed E-state index contributed by atoms with van der Waals surface area (Å²) < 4.78 is 16.2. The van der Waals surface area contributed by atoms with Gasteiger partial charge in [0.1, 0.15) is 5.82 Å². The van der Waals surface area contributed by atoms with Crippen LogP contribution in [0.15, 0.2) is 30.5 Å². The van der Waals surface area contributed by atoms with Gasteiger partial charge in [-0.1, -0.05) is 25.1 Å². The minimum Gasteiger partial charge on any atom is -0.337 e. The summed E-state index contributed by atoms with van der Waals surface area (Å²) >= 11 is 5.20. The molecule has 0 atom stereocenters. The van der Waals surface area contributed by atoms with Gasteiger partial charge >= 0.3 is 0 Å². The molecule has 0 unspecified atom stereocenters. The number of hydrogen-bond donors (Lipinski definition) is 1. The molecule has 0 amide bonds. The van der Waals surface area contributed by atoms with Crippen molar-refractivity contribution in [3.05, 3.63) is 52.3 Å². The number of nitrogens with one attached hydrogen (secondary N) is 1. The number of halogens is 1. The Kier molecular flexibility index (Phi) is 3.74. The topological polar surface area (TPSA) is 20.7 Å². The number of aromatic nitrogens is 2. The Bertz CT molecular complexity index is 557. The summed E-state index contributed by atoms with van der Waals surface area (Å²) in [5.74, 6) is -0.146. The van der Waals surface area contributed by atoms with E-state index in [1.807, 2.05) is 22.9 Å². The molecule has 1 aromatic heterocycles. The van der Waals surface area contributed by atoms with Crippen LogP contribution in [0.3, 0.4) is 0 Å². The van der Waals surface area contributed by atoms with Gasteiger partial charge in [-0.3, -0.25) is 0 Å². The van der Waals surface area contributed by atoms with Crippen molar-refractivity contribution in [2.75, 3.05) is 0 Å². The number of H-pyrrole nitrogens is 1. The van der Waals surface area contributed by atoms with Crippen molar-refractivity contribution >= 4 is 12.2 Å². The van der Waals surface area contributed by atoms with E-state index >= 15 is 0 Å².